The molecule has 8 nitrogen and oxygen atoms in total. The molecule has 1 heterocycles. The van der Waals surface area contributed by atoms with Crippen LogP contribution in [0.3, 0.4) is 0 Å². The molecule has 162 valence electrons. The topological polar surface area (TPSA) is 119 Å². The predicted octanol–water partition coefficient (Wildman–Crippen LogP) is 3.46. The highest BCUT2D eigenvalue weighted by molar-refractivity contribution is 7.80. The Morgan fingerprint density at radius 2 is 2.06 bits per heavy atom. The van der Waals surface area contributed by atoms with Gasteiger partial charge in [-0.1, -0.05) is 11.6 Å². The maximum Gasteiger partial charge on any atom is 0.252 e. The second-order valence-corrected chi connectivity index (χ2v) is 7.48. The molecule has 1 aromatic heterocycles. The molecule has 0 saturated heterocycles. The maximum absolute atomic E-state index is 11.8. The summed E-state index contributed by atoms with van der Waals surface area (Å²) < 4.78 is 11.2. The quantitative estimate of drug-likeness (QED) is 0.396. The highest BCUT2D eigenvalue weighted by atomic mass is 35.5. The van der Waals surface area contributed by atoms with Crippen LogP contribution in [0.1, 0.15) is 17.3 Å². The summed E-state index contributed by atoms with van der Waals surface area (Å²) >= 11 is 11.6. The molecule has 10 heteroatoms. The minimum Gasteiger partial charge on any atom is -0.496 e. The van der Waals surface area contributed by atoms with E-state index in [1.165, 1.54) is 7.11 Å². The first kappa shape index (κ1) is 22.5. The van der Waals surface area contributed by atoms with E-state index in [4.69, 9.17) is 44.1 Å². The SMILES string of the molecule is COc1cc2nccc(Oc3ccc(NC(=S)N[C@H](C)CO)c(Cl)c3)c2cc1C(N)=O. The Labute approximate surface area is 189 Å². The van der Waals surface area contributed by atoms with Crippen molar-refractivity contribution in [2.75, 3.05) is 19.0 Å². The zero-order valence-electron chi connectivity index (χ0n) is 16.8. The summed E-state index contributed by atoms with van der Waals surface area (Å²) in [4.78, 5) is 16.1. The number of benzene rings is 2. The molecule has 0 bridgehead atoms. The lowest BCUT2D eigenvalue weighted by Gasteiger charge is -2.16. The van der Waals surface area contributed by atoms with Crippen molar-refractivity contribution >= 4 is 51.4 Å². The molecule has 0 aliphatic rings. The number of carbonyl (C=O) groups excluding carboxylic acids is 1. The number of ether oxygens (including phenoxy) is 2. The van der Waals surface area contributed by atoms with Gasteiger partial charge in [0.2, 0.25) is 0 Å². The smallest absolute Gasteiger partial charge is 0.252 e. The van der Waals surface area contributed by atoms with Crippen LogP contribution < -0.4 is 25.8 Å². The summed E-state index contributed by atoms with van der Waals surface area (Å²) in [6, 6.07) is 9.77. The van der Waals surface area contributed by atoms with E-state index in [1.807, 2.05) is 0 Å². The van der Waals surface area contributed by atoms with Gasteiger partial charge in [-0.3, -0.25) is 9.78 Å². The van der Waals surface area contributed by atoms with Gasteiger partial charge in [0.25, 0.3) is 5.91 Å². The van der Waals surface area contributed by atoms with Gasteiger partial charge >= 0.3 is 0 Å². The van der Waals surface area contributed by atoms with E-state index in [2.05, 4.69) is 15.6 Å². The second kappa shape index (κ2) is 9.78. The molecule has 0 spiro atoms. The van der Waals surface area contributed by atoms with Crippen LogP contribution >= 0.6 is 23.8 Å². The first-order chi connectivity index (χ1) is 14.8. The number of aromatic nitrogens is 1. The fourth-order valence-corrected chi connectivity index (χ4v) is 3.34. The average molecular weight is 461 g/mol. The van der Waals surface area contributed by atoms with Crippen molar-refractivity contribution in [1.29, 1.82) is 0 Å². The molecule has 3 rings (SSSR count). The predicted molar refractivity (Wildman–Crippen MR) is 124 cm³/mol. The van der Waals surface area contributed by atoms with E-state index < -0.39 is 5.91 Å². The number of hydrogen-bond donors (Lipinski definition) is 4. The summed E-state index contributed by atoms with van der Waals surface area (Å²) in [5.74, 6) is 0.665. The Bertz CT molecular complexity index is 1140. The van der Waals surface area contributed by atoms with Crippen molar-refractivity contribution in [3.63, 3.8) is 0 Å². The number of methoxy groups -OCH3 is 1. The van der Waals surface area contributed by atoms with Gasteiger partial charge in [0, 0.05) is 29.8 Å². The summed E-state index contributed by atoms with van der Waals surface area (Å²) in [5, 5.41) is 16.3. The Morgan fingerprint density at radius 1 is 1.29 bits per heavy atom. The van der Waals surface area contributed by atoms with E-state index in [-0.39, 0.29) is 18.2 Å². The van der Waals surface area contributed by atoms with Crippen LogP contribution in [0.15, 0.2) is 42.6 Å². The third-order valence-corrected chi connectivity index (χ3v) is 4.89. The largest absolute Gasteiger partial charge is 0.496 e. The van der Waals surface area contributed by atoms with Gasteiger partial charge in [-0.05, 0) is 43.4 Å². The molecule has 0 unspecified atom stereocenters. The third kappa shape index (κ3) is 5.32. The van der Waals surface area contributed by atoms with Crippen LogP contribution in [-0.4, -0.2) is 40.9 Å². The van der Waals surface area contributed by atoms with Crippen LogP contribution in [0.5, 0.6) is 17.2 Å². The van der Waals surface area contributed by atoms with Crippen LogP contribution in [0.4, 0.5) is 5.69 Å². The molecule has 0 fully saturated rings. The summed E-state index contributed by atoms with van der Waals surface area (Å²) in [5.41, 5.74) is 6.85. The minimum atomic E-state index is -0.618. The number of fused-ring (bicyclic) bond motifs is 1. The molecule has 0 radical (unpaired) electrons. The number of hydrogen-bond acceptors (Lipinski definition) is 6. The van der Waals surface area contributed by atoms with Crippen molar-refractivity contribution in [1.82, 2.24) is 10.3 Å². The molecule has 5 N–H and O–H groups in total. The number of nitrogens with one attached hydrogen (secondary N) is 2. The Morgan fingerprint density at radius 3 is 2.71 bits per heavy atom. The normalized spacial score (nSPS) is 11.6. The molecular formula is C21H21ClN4O4S. The molecule has 1 atom stereocenters. The number of aliphatic hydroxyl groups is 1. The number of halogens is 1. The monoisotopic (exact) mass is 460 g/mol. The van der Waals surface area contributed by atoms with Gasteiger partial charge in [-0.25, -0.2) is 0 Å². The summed E-state index contributed by atoms with van der Waals surface area (Å²) in [6.45, 7) is 1.75. The molecule has 1 amide bonds. The number of rotatable bonds is 7. The standard InChI is InChI=1S/C21H21ClN4O4S/c1-11(10-27)25-21(31)26-16-4-3-12(7-15(16)22)30-18-5-6-24-17-9-19(29-2)14(20(23)28)8-13(17)18/h3-9,11,27H,10H2,1-2H3,(H2,23,28)(H2,25,26,31)/t11-/m1/s1. The van der Waals surface area contributed by atoms with Crippen LogP contribution in [0.2, 0.25) is 5.02 Å². The van der Waals surface area contributed by atoms with Gasteiger partial charge < -0.3 is 30.9 Å². The number of thiocarbonyl (C=S) groups is 1. The number of nitrogens with zero attached hydrogens (tertiary/aromatic N) is 1. The minimum absolute atomic E-state index is 0.0500. The number of anilines is 1. The Hall–Kier alpha value is -3.14. The number of aliphatic hydroxyl groups excluding tert-OH is 1. The Kier molecular flexibility index (Phi) is 7.11. The van der Waals surface area contributed by atoms with Gasteiger partial charge in [0.05, 0.1) is 35.5 Å². The van der Waals surface area contributed by atoms with E-state index >= 15 is 0 Å². The molecule has 2 aromatic carbocycles. The average Bonchev–Trinajstić information content (AvgIpc) is 2.74. The van der Waals surface area contributed by atoms with Crippen molar-refractivity contribution < 1.29 is 19.4 Å². The van der Waals surface area contributed by atoms with E-state index in [9.17, 15) is 4.79 Å². The van der Waals surface area contributed by atoms with Crippen LogP contribution in [-0.2, 0) is 0 Å². The lowest BCUT2D eigenvalue weighted by Crippen LogP contribution is -2.37. The van der Waals surface area contributed by atoms with E-state index in [0.29, 0.717) is 44.0 Å². The van der Waals surface area contributed by atoms with Crippen LogP contribution in [0.25, 0.3) is 10.9 Å². The summed E-state index contributed by atoms with van der Waals surface area (Å²) in [6.07, 6.45) is 1.59. The van der Waals surface area contributed by atoms with Crippen molar-refractivity contribution in [3.05, 3.63) is 53.2 Å². The summed E-state index contributed by atoms with van der Waals surface area (Å²) in [7, 11) is 1.46. The fourth-order valence-electron chi connectivity index (χ4n) is 2.81. The number of primary amides is 1. The Balaban J connectivity index is 1.87. The van der Waals surface area contributed by atoms with E-state index in [1.54, 1.807) is 49.5 Å². The highest BCUT2D eigenvalue weighted by Crippen LogP contribution is 2.35. The zero-order valence-corrected chi connectivity index (χ0v) is 18.4. The molecule has 0 aliphatic heterocycles. The lowest BCUT2D eigenvalue weighted by molar-refractivity contribution is 0.0997. The number of pyridine rings is 1. The van der Waals surface area contributed by atoms with Gasteiger partial charge in [-0.2, -0.15) is 0 Å². The van der Waals surface area contributed by atoms with Crippen molar-refractivity contribution in [2.24, 2.45) is 5.73 Å². The molecule has 31 heavy (non-hydrogen) atoms. The lowest BCUT2D eigenvalue weighted by atomic mass is 10.1. The number of carbonyl (C=O) groups is 1. The molecule has 0 aliphatic carbocycles. The number of amides is 1. The first-order valence-corrected chi connectivity index (χ1v) is 10.0. The van der Waals surface area contributed by atoms with Crippen molar-refractivity contribution in [2.45, 2.75) is 13.0 Å². The van der Waals surface area contributed by atoms with E-state index in [0.717, 1.165) is 0 Å². The fraction of sp³-hybridized carbons (Fsp3) is 0.190. The second-order valence-electron chi connectivity index (χ2n) is 6.67. The molecule has 3 aromatic rings. The first-order valence-electron chi connectivity index (χ1n) is 9.24. The van der Waals surface area contributed by atoms with Crippen LogP contribution in [0, 0.1) is 0 Å². The third-order valence-electron chi connectivity index (χ3n) is 4.36. The van der Waals surface area contributed by atoms with Gasteiger partial charge in [0.15, 0.2) is 5.11 Å². The zero-order chi connectivity index (χ0) is 22.5. The van der Waals surface area contributed by atoms with Gasteiger partial charge in [-0.15, -0.1) is 0 Å². The number of nitrogens with two attached hydrogens (primary N) is 1. The van der Waals surface area contributed by atoms with Gasteiger partial charge in [0.1, 0.15) is 17.2 Å². The molecule has 0 saturated carbocycles. The van der Waals surface area contributed by atoms with Crippen molar-refractivity contribution in [3.8, 4) is 17.2 Å². The maximum atomic E-state index is 11.8. The highest BCUT2D eigenvalue weighted by Gasteiger charge is 2.15. The molecular weight excluding hydrogens is 440 g/mol.